The lowest BCUT2D eigenvalue weighted by Crippen LogP contribution is -2.62. The van der Waals surface area contributed by atoms with E-state index in [1.807, 2.05) is 0 Å². The quantitative estimate of drug-likeness (QED) is 0.553. The number of nitroso groups, excluding NO2 is 1. The van der Waals surface area contributed by atoms with Gasteiger partial charge in [0, 0.05) is 11.0 Å². The molecule has 0 saturated heterocycles. The van der Waals surface area contributed by atoms with Gasteiger partial charge in [0.2, 0.25) is 0 Å². The van der Waals surface area contributed by atoms with Crippen LogP contribution < -0.4 is 5.18 Å². The van der Waals surface area contributed by atoms with Crippen LogP contribution in [0.1, 0.15) is 13.8 Å². The van der Waals surface area contributed by atoms with Crippen LogP contribution >= 0.6 is 0 Å². The van der Waals surface area contributed by atoms with E-state index in [9.17, 15) is 4.91 Å². The summed E-state index contributed by atoms with van der Waals surface area (Å²) in [5.74, 6) is 0.675. The molecule has 0 rings (SSSR count). The van der Waals surface area contributed by atoms with Gasteiger partial charge in [0.05, 0.1) is 5.18 Å². The van der Waals surface area contributed by atoms with Crippen molar-refractivity contribution in [2.75, 3.05) is 0 Å². The fraction of sp³-hybridized carbons (Fsp3) is 0.333. The molecule has 0 amide bonds. The smallest absolute Gasteiger partial charge is 0.408 e. The normalized spacial score (nSPS) is 10.7. The zero-order chi connectivity index (χ0) is 7.28. The molecule has 0 bridgehead atoms. The topological polar surface area (TPSA) is 40.3 Å². The minimum absolute atomic E-state index is 0.183. The molecule has 50 valence electrons. The Morgan fingerprint density at radius 3 is 2.44 bits per heavy atom. The molecule has 0 aliphatic rings. The Labute approximate surface area is 54.0 Å². The largest absolute Gasteiger partial charge is 0.413 e. The van der Waals surface area contributed by atoms with Crippen LogP contribution in [0.4, 0.5) is 0 Å². The molecule has 0 atom stereocenters. The van der Waals surface area contributed by atoms with Gasteiger partial charge in [-0.05, 0) is 13.8 Å². The van der Waals surface area contributed by atoms with E-state index >= 15 is 0 Å². The summed E-state index contributed by atoms with van der Waals surface area (Å²) in [6.07, 6.45) is 1.53. The van der Waals surface area contributed by atoms with Crippen molar-refractivity contribution in [3.63, 3.8) is 0 Å². The maximum absolute atomic E-state index is 9.91. The lowest BCUT2D eigenvalue weighted by molar-refractivity contribution is -0.459. The Balaban J connectivity index is 3.86. The third-order valence-electron chi connectivity index (χ3n) is 0.647. The molecule has 0 aromatic rings. The monoisotopic (exact) mass is 128 g/mol. The summed E-state index contributed by atoms with van der Waals surface area (Å²) in [5.41, 5.74) is 0. The Hall–Kier alpha value is -1.12. The van der Waals surface area contributed by atoms with Gasteiger partial charge in [0.25, 0.3) is 0 Å². The molecule has 0 spiro atoms. The van der Waals surface area contributed by atoms with Crippen LogP contribution in [0.3, 0.4) is 0 Å². The van der Waals surface area contributed by atoms with E-state index in [1.165, 1.54) is 6.08 Å². The second-order valence-corrected chi connectivity index (χ2v) is 1.56. The number of ether oxygens (including phenoxy) is 1. The molecule has 0 saturated carbocycles. The van der Waals surface area contributed by atoms with E-state index < -0.39 is 0 Å². The molecular formula is C6H10NO2+. The Kier molecular flexibility index (Phi) is 3.35. The van der Waals surface area contributed by atoms with Crippen molar-refractivity contribution in [2.45, 2.75) is 13.8 Å². The summed E-state index contributed by atoms with van der Waals surface area (Å²) in [4.78, 5) is 9.91. The van der Waals surface area contributed by atoms with E-state index in [2.05, 4.69) is 6.58 Å². The van der Waals surface area contributed by atoms with Gasteiger partial charge >= 0.3 is 5.88 Å². The highest BCUT2D eigenvalue weighted by Gasteiger charge is 2.00. The summed E-state index contributed by atoms with van der Waals surface area (Å²) in [7, 11) is 0. The highest BCUT2D eigenvalue weighted by molar-refractivity contribution is 4.84. The lowest BCUT2D eigenvalue weighted by Gasteiger charge is -1.92. The van der Waals surface area contributed by atoms with E-state index in [-0.39, 0.29) is 5.88 Å². The van der Waals surface area contributed by atoms with Crippen molar-refractivity contribution >= 4 is 0 Å². The predicted molar refractivity (Wildman–Crippen MR) is 34.0 cm³/mol. The standard InChI is InChI=1S/C6H9NO2/c1-4-6(7-8)9-5(2)3/h4H,2H2,1,3H3/p+1/b6-4-. The van der Waals surface area contributed by atoms with Crippen molar-refractivity contribution in [3.05, 3.63) is 29.2 Å². The molecular weight excluding hydrogens is 118 g/mol. The summed E-state index contributed by atoms with van der Waals surface area (Å²) in [6, 6.07) is 0. The van der Waals surface area contributed by atoms with Gasteiger partial charge in [-0.3, -0.25) is 0 Å². The van der Waals surface area contributed by atoms with Crippen LogP contribution in [-0.4, -0.2) is 0 Å². The van der Waals surface area contributed by atoms with Crippen LogP contribution in [-0.2, 0) is 4.74 Å². The first-order valence-corrected chi connectivity index (χ1v) is 2.58. The Morgan fingerprint density at radius 1 is 1.78 bits per heavy atom. The average molecular weight is 128 g/mol. The maximum atomic E-state index is 9.91. The molecule has 1 N–H and O–H groups in total. The van der Waals surface area contributed by atoms with Gasteiger partial charge in [0.1, 0.15) is 5.76 Å². The predicted octanol–water partition coefficient (Wildman–Crippen LogP) is 0.245. The van der Waals surface area contributed by atoms with Gasteiger partial charge in [0.15, 0.2) is 0 Å². The van der Waals surface area contributed by atoms with Gasteiger partial charge in [-0.1, -0.05) is 6.58 Å². The highest BCUT2D eigenvalue weighted by Crippen LogP contribution is 1.93. The molecule has 0 aromatic carbocycles. The van der Waals surface area contributed by atoms with Crippen molar-refractivity contribution in [1.82, 2.24) is 0 Å². The number of nitrogens with one attached hydrogen (secondary N) is 1. The fourth-order valence-corrected chi connectivity index (χ4v) is 0.326. The van der Waals surface area contributed by atoms with Crippen molar-refractivity contribution in [2.24, 2.45) is 0 Å². The number of allylic oxidation sites excluding steroid dienone is 2. The molecule has 0 heterocycles. The summed E-state index contributed by atoms with van der Waals surface area (Å²) in [6.45, 7) is 6.81. The molecule has 0 radical (unpaired) electrons. The minimum Gasteiger partial charge on any atom is -0.408 e. The molecule has 0 aromatic heterocycles. The van der Waals surface area contributed by atoms with E-state index in [0.29, 0.717) is 5.76 Å². The molecule has 0 aliphatic carbocycles. The van der Waals surface area contributed by atoms with Crippen molar-refractivity contribution in [3.8, 4) is 0 Å². The number of rotatable bonds is 3. The third kappa shape index (κ3) is 3.46. The first-order chi connectivity index (χ1) is 4.20. The molecule has 3 heteroatoms. The first-order valence-electron chi connectivity index (χ1n) is 2.58. The average Bonchev–Trinajstić information content (AvgIpc) is 1.82. The molecule has 3 nitrogen and oxygen atoms in total. The second-order valence-electron chi connectivity index (χ2n) is 1.56. The zero-order valence-electron chi connectivity index (χ0n) is 5.60. The summed E-state index contributed by atoms with van der Waals surface area (Å²) >= 11 is 0. The van der Waals surface area contributed by atoms with Gasteiger partial charge in [-0.2, -0.15) is 0 Å². The summed E-state index contributed by atoms with van der Waals surface area (Å²) in [5, 5.41) is 1.61. The zero-order valence-corrected chi connectivity index (χ0v) is 5.60. The maximum Gasteiger partial charge on any atom is 0.413 e. The third-order valence-corrected chi connectivity index (χ3v) is 0.647. The van der Waals surface area contributed by atoms with Gasteiger partial charge in [-0.15, -0.1) is 0 Å². The molecule has 0 unspecified atom stereocenters. The number of hydrogen-bond acceptors (Lipinski definition) is 2. The first kappa shape index (κ1) is 7.88. The Morgan fingerprint density at radius 2 is 2.33 bits per heavy atom. The van der Waals surface area contributed by atoms with E-state index in [4.69, 9.17) is 4.74 Å². The molecule has 9 heavy (non-hydrogen) atoms. The van der Waals surface area contributed by atoms with Crippen LogP contribution in [0.5, 0.6) is 0 Å². The molecule has 0 fully saturated rings. The lowest BCUT2D eigenvalue weighted by atomic mass is 10.6. The second kappa shape index (κ2) is 3.83. The van der Waals surface area contributed by atoms with E-state index in [0.717, 1.165) is 0 Å². The van der Waals surface area contributed by atoms with E-state index in [1.54, 1.807) is 19.0 Å². The Bertz CT molecular complexity index is 149. The SMILES string of the molecule is C=C(C)O/C(=C\C)[NH+]=O. The summed E-state index contributed by atoms with van der Waals surface area (Å²) < 4.78 is 4.79. The van der Waals surface area contributed by atoms with Crippen LogP contribution in [0.25, 0.3) is 0 Å². The van der Waals surface area contributed by atoms with Crippen LogP contribution in [0, 0.1) is 4.91 Å². The fourth-order valence-electron chi connectivity index (χ4n) is 0.326. The minimum atomic E-state index is 0.183. The molecule has 0 aliphatic heterocycles. The van der Waals surface area contributed by atoms with Crippen LogP contribution in [0.15, 0.2) is 24.3 Å². The van der Waals surface area contributed by atoms with Crippen molar-refractivity contribution in [1.29, 1.82) is 0 Å². The van der Waals surface area contributed by atoms with Crippen molar-refractivity contribution < 1.29 is 9.91 Å². The van der Waals surface area contributed by atoms with Gasteiger partial charge in [-0.25, -0.2) is 0 Å². The number of hydrogen-bond donors (Lipinski definition) is 1. The van der Waals surface area contributed by atoms with Gasteiger partial charge < -0.3 is 4.74 Å². The highest BCUT2D eigenvalue weighted by atomic mass is 16.5. The van der Waals surface area contributed by atoms with Crippen LogP contribution in [0.2, 0.25) is 0 Å².